The molecule has 0 saturated carbocycles. The van der Waals surface area contributed by atoms with Gasteiger partial charge in [-0.15, -0.1) is 0 Å². The summed E-state index contributed by atoms with van der Waals surface area (Å²) < 4.78 is 33.7. The number of anilines is 2. The van der Waals surface area contributed by atoms with Crippen LogP contribution in [0, 0.1) is 34.6 Å². The molecule has 1 saturated heterocycles. The first-order valence-electron chi connectivity index (χ1n) is 11.2. The number of nitrogens with zero attached hydrogens (tertiary/aromatic N) is 2. The molecule has 0 radical (unpaired) electrons. The first-order chi connectivity index (χ1) is 17.2. The minimum absolute atomic E-state index is 0.0453. The molecule has 0 spiro atoms. The van der Waals surface area contributed by atoms with Crippen LogP contribution in [0.3, 0.4) is 0 Å². The smallest absolute Gasteiger partial charge is 0.307 e. The van der Waals surface area contributed by atoms with Crippen LogP contribution in [0.4, 0.5) is 25.8 Å². The Bertz CT molecular complexity index is 1330. The van der Waals surface area contributed by atoms with Gasteiger partial charge in [0.2, 0.25) is 17.6 Å². The van der Waals surface area contributed by atoms with Crippen molar-refractivity contribution in [3.05, 3.63) is 93.5 Å². The minimum Gasteiger partial charge on any atom is -0.496 e. The predicted octanol–water partition coefficient (Wildman–Crippen LogP) is 5.31. The Hall–Kier alpha value is -4.34. The summed E-state index contributed by atoms with van der Waals surface area (Å²) in [5.74, 6) is -3.80. The third-order valence-corrected chi connectivity index (χ3v) is 6.19. The zero-order chi connectivity index (χ0) is 26.0. The molecule has 2 amide bonds. The summed E-state index contributed by atoms with van der Waals surface area (Å²) in [5, 5.41) is 13.5. The van der Waals surface area contributed by atoms with E-state index in [4.69, 9.17) is 4.74 Å². The number of aryl methyl sites for hydroxylation is 1. The SMILES string of the molecule is COc1ccccc1[C@@H]1[C@@H](C(=O)Nc2cc([N+](=O)[O-])c(F)cc2F)CCC(=O)N1c1ccc(C)cc1. The molecule has 0 aromatic heterocycles. The molecule has 1 fully saturated rings. The lowest BCUT2D eigenvalue weighted by Gasteiger charge is -2.41. The summed E-state index contributed by atoms with van der Waals surface area (Å²) in [5.41, 5.74) is 0.639. The number of carbonyl (C=O) groups excluding carboxylic acids is 2. The Morgan fingerprint density at radius 2 is 1.81 bits per heavy atom. The molecule has 1 aliphatic heterocycles. The van der Waals surface area contributed by atoms with E-state index < -0.39 is 45.8 Å². The van der Waals surface area contributed by atoms with Crippen molar-refractivity contribution in [1.29, 1.82) is 0 Å². The number of amides is 2. The summed E-state index contributed by atoms with van der Waals surface area (Å²) in [7, 11) is 1.47. The zero-order valence-electron chi connectivity index (χ0n) is 19.5. The largest absolute Gasteiger partial charge is 0.496 e. The summed E-state index contributed by atoms with van der Waals surface area (Å²) in [6, 6.07) is 14.4. The Labute approximate surface area is 205 Å². The van der Waals surface area contributed by atoms with E-state index in [0.717, 1.165) is 5.56 Å². The lowest BCUT2D eigenvalue weighted by Crippen LogP contribution is -2.47. The first-order valence-corrected chi connectivity index (χ1v) is 11.2. The van der Waals surface area contributed by atoms with Crippen molar-refractivity contribution in [3.63, 3.8) is 0 Å². The fourth-order valence-electron chi connectivity index (χ4n) is 4.44. The standard InChI is InChI=1S/C26H23F2N3O5/c1-15-7-9-16(10-8-15)30-24(32)12-11-18(25(30)17-5-3-4-6-23(17)36-2)26(33)29-21-14-22(31(34)35)20(28)13-19(21)27/h3-10,13-14,18,25H,11-12H2,1-2H3,(H,29,33)/t18-,25+/m0/s1. The van der Waals surface area contributed by atoms with Gasteiger partial charge in [-0.3, -0.25) is 19.7 Å². The van der Waals surface area contributed by atoms with E-state index >= 15 is 0 Å². The van der Waals surface area contributed by atoms with Gasteiger partial charge >= 0.3 is 5.69 Å². The third-order valence-electron chi connectivity index (χ3n) is 6.19. The van der Waals surface area contributed by atoms with Gasteiger partial charge in [-0.25, -0.2) is 4.39 Å². The molecule has 4 rings (SSSR count). The van der Waals surface area contributed by atoms with Gasteiger partial charge in [0.15, 0.2) is 0 Å². The summed E-state index contributed by atoms with van der Waals surface area (Å²) >= 11 is 0. The number of para-hydroxylation sites is 1. The Kier molecular flexibility index (Phi) is 6.96. The summed E-state index contributed by atoms with van der Waals surface area (Å²) in [6.45, 7) is 1.91. The van der Waals surface area contributed by atoms with E-state index in [-0.39, 0.29) is 18.7 Å². The number of nitro benzene ring substituents is 1. The molecule has 0 unspecified atom stereocenters. The molecule has 0 bridgehead atoms. The number of benzene rings is 3. The molecule has 3 aromatic rings. The van der Waals surface area contributed by atoms with E-state index in [1.807, 2.05) is 19.1 Å². The number of carbonyl (C=O) groups is 2. The lowest BCUT2D eigenvalue weighted by molar-refractivity contribution is -0.387. The van der Waals surface area contributed by atoms with Gasteiger partial charge < -0.3 is 15.0 Å². The highest BCUT2D eigenvalue weighted by atomic mass is 19.1. The van der Waals surface area contributed by atoms with Crippen molar-refractivity contribution in [2.24, 2.45) is 5.92 Å². The molecule has 1 aliphatic rings. The lowest BCUT2D eigenvalue weighted by atomic mass is 9.82. The fourth-order valence-corrected chi connectivity index (χ4v) is 4.44. The van der Waals surface area contributed by atoms with E-state index in [1.54, 1.807) is 36.4 Å². The number of hydrogen-bond acceptors (Lipinski definition) is 5. The number of nitro groups is 1. The topological polar surface area (TPSA) is 102 Å². The van der Waals surface area contributed by atoms with Crippen molar-refractivity contribution >= 4 is 28.9 Å². The highest BCUT2D eigenvalue weighted by Crippen LogP contribution is 2.43. The quantitative estimate of drug-likeness (QED) is 0.369. The highest BCUT2D eigenvalue weighted by molar-refractivity contribution is 6.00. The highest BCUT2D eigenvalue weighted by Gasteiger charge is 2.43. The van der Waals surface area contributed by atoms with Gasteiger partial charge in [0.1, 0.15) is 11.6 Å². The third kappa shape index (κ3) is 4.74. The van der Waals surface area contributed by atoms with E-state index in [2.05, 4.69) is 5.32 Å². The maximum Gasteiger partial charge on any atom is 0.307 e. The van der Waals surface area contributed by atoms with Crippen molar-refractivity contribution in [2.45, 2.75) is 25.8 Å². The molecule has 36 heavy (non-hydrogen) atoms. The van der Waals surface area contributed by atoms with Gasteiger partial charge in [-0.05, 0) is 31.5 Å². The Morgan fingerprint density at radius 3 is 2.47 bits per heavy atom. The van der Waals surface area contributed by atoms with Crippen LogP contribution in [0.5, 0.6) is 5.75 Å². The zero-order valence-corrected chi connectivity index (χ0v) is 19.5. The monoisotopic (exact) mass is 495 g/mol. The number of rotatable bonds is 6. The number of methoxy groups -OCH3 is 1. The Balaban J connectivity index is 1.78. The molecular formula is C26H23F2N3O5. The van der Waals surface area contributed by atoms with Crippen molar-refractivity contribution < 1.29 is 28.0 Å². The Morgan fingerprint density at radius 1 is 1.11 bits per heavy atom. The molecule has 186 valence electrons. The maximum absolute atomic E-state index is 14.4. The molecule has 3 aromatic carbocycles. The van der Waals surface area contributed by atoms with Gasteiger partial charge in [-0.1, -0.05) is 35.9 Å². The number of hydrogen-bond donors (Lipinski definition) is 1. The second kappa shape index (κ2) is 10.1. The second-order valence-corrected chi connectivity index (χ2v) is 8.46. The number of piperidine rings is 1. The van der Waals surface area contributed by atoms with Gasteiger partial charge in [-0.2, -0.15) is 4.39 Å². The molecule has 0 aliphatic carbocycles. The predicted molar refractivity (Wildman–Crippen MR) is 129 cm³/mol. The van der Waals surface area contributed by atoms with Crippen LogP contribution in [0.2, 0.25) is 0 Å². The van der Waals surface area contributed by atoms with Crippen LogP contribution in [0.25, 0.3) is 0 Å². The summed E-state index contributed by atoms with van der Waals surface area (Å²) in [6.07, 6.45) is 0.185. The summed E-state index contributed by atoms with van der Waals surface area (Å²) in [4.78, 5) is 38.3. The van der Waals surface area contributed by atoms with Crippen molar-refractivity contribution in [3.8, 4) is 5.75 Å². The van der Waals surface area contributed by atoms with Gasteiger partial charge in [0, 0.05) is 29.8 Å². The maximum atomic E-state index is 14.4. The van der Waals surface area contributed by atoms with E-state index in [9.17, 15) is 28.5 Å². The van der Waals surface area contributed by atoms with Gasteiger partial charge in [0.25, 0.3) is 0 Å². The second-order valence-electron chi connectivity index (χ2n) is 8.46. The van der Waals surface area contributed by atoms with Crippen LogP contribution in [0.15, 0.2) is 60.7 Å². The number of halogens is 2. The van der Waals surface area contributed by atoms with E-state index in [0.29, 0.717) is 29.1 Å². The average molecular weight is 495 g/mol. The van der Waals surface area contributed by atoms with Crippen LogP contribution >= 0.6 is 0 Å². The van der Waals surface area contributed by atoms with Crippen LogP contribution < -0.4 is 15.0 Å². The van der Waals surface area contributed by atoms with Crippen molar-refractivity contribution in [2.75, 3.05) is 17.3 Å². The van der Waals surface area contributed by atoms with Crippen LogP contribution in [-0.2, 0) is 9.59 Å². The molecule has 1 heterocycles. The number of nitrogens with one attached hydrogen (secondary N) is 1. The fraction of sp³-hybridized carbons (Fsp3) is 0.231. The van der Waals surface area contributed by atoms with E-state index in [1.165, 1.54) is 12.0 Å². The van der Waals surface area contributed by atoms with Gasteiger partial charge in [0.05, 0.1) is 29.7 Å². The number of ether oxygens (including phenoxy) is 1. The molecule has 1 N–H and O–H groups in total. The van der Waals surface area contributed by atoms with Crippen LogP contribution in [0.1, 0.15) is 30.0 Å². The van der Waals surface area contributed by atoms with Crippen LogP contribution in [-0.4, -0.2) is 23.8 Å². The average Bonchev–Trinajstić information content (AvgIpc) is 2.85. The first kappa shape index (κ1) is 24.8. The molecule has 10 heteroatoms. The minimum atomic E-state index is -1.35. The normalized spacial score (nSPS) is 17.6. The van der Waals surface area contributed by atoms with Crippen molar-refractivity contribution in [1.82, 2.24) is 0 Å². The molecule has 2 atom stereocenters. The molecular weight excluding hydrogens is 472 g/mol. The molecule has 8 nitrogen and oxygen atoms in total.